The first kappa shape index (κ1) is 18.3. The number of hydrogen-bond donors (Lipinski definition) is 2. The van der Waals surface area contributed by atoms with Gasteiger partial charge in [0, 0.05) is 22.5 Å². The predicted octanol–water partition coefficient (Wildman–Crippen LogP) is 3.87. The molecule has 2 aromatic rings. The summed E-state index contributed by atoms with van der Waals surface area (Å²) in [5, 5.41) is 5.92. The molecule has 126 valence electrons. The fourth-order valence-corrected chi connectivity index (χ4v) is 2.66. The highest BCUT2D eigenvalue weighted by atomic mass is 79.9. The van der Waals surface area contributed by atoms with Crippen molar-refractivity contribution in [3.05, 3.63) is 57.5 Å². The number of methoxy groups -OCH3 is 1. The molecule has 0 saturated heterocycles. The summed E-state index contributed by atoms with van der Waals surface area (Å²) in [5.74, 6) is 0.0311. The van der Waals surface area contributed by atoms with Crippen molar-refractivity contribution in [2.75, 3.05) is 19.0 Å². The molecule has 0 saturated carbocycles. The average Bonchev–Trinajstić information content (AvgIpc) is 2.55. The van der Waals surface area contributed by atoms with Crippen LogP contribution in [0.2, 0.25) is 5.02 Å². The second-order valence-corrected chi connectivity index (χ2v) is 6.17. The van der Waals surface area contributed by atoms with Gasteiger partial charge < -0.3 is 15.4 Å². The van der Waals surface area contributed by atoms with Crippen LogP contribution in [0.3, 0.4) is 0 Å². The highest BCUT2D eigenvalue weighted by Gasteiger charge is 2.11. The summed E-state index contributed by atoms with van der Waals surface area (Å²) in [6, 6.07) is 12.0. The Labute approximate surface area is 153 Å². The SMILES string of the molecule is COc1ccc(Cl)cc1NC(=O)CCNC(=O)c1ccccc1Br. The molecule has 0 atom stereocenters. The van der Waals surface area contributed by atoms with E-state index < -0.39 is 0 Å². The Kier molecular flexibility index (Phi) is 6.63. The van der Waals surface area contributed by atoms with Crippen molar-refractivity contribution in [2.24, 2.45) is 0 Å². The van der Waals surface area contributed by atoms with Gasteiger partial charge in [-0.05, 0) is 46.3 Å². The van der Waals surface area contributed by atoms with Gasteiger partial charge in [0.05, 0.1) is 18.4 Å². The van der Waals surface area contributed by atoms with E-state index >= 15 is 0 Å². The molecule has 5 nitrogen and oxygen atoms in total. The van der Waals surface area contributed by atoms with Gasteiger partial charge in [0.2, 0.25) is 5.91 Å². The van der Waals surface area contributed by atoms with E-state index in [1.54, 1.807) is 36.4 Å². The maximum Gasteiger partial charge on any atom is 0.252 e. The van der Waals surface area contributed by atoms with Crippen LogP contribution in [0.1, 0.15) is 16.8 Å². The summed E-state index contributed by atoms with van der Waals surface area (Å²) in [5.41, 5.74) is 1.02. The molecule has 24 heavy (non-hydrogen) atoms. The fraction of sp³-hybridized carbons (Fsp3) is 0.176. The van der Waals surface area contributed by atoms with E-state index in [0.717, 1.165) is 0 Å². The van der Waals surface area contributed by atoms with E-state index in [-0.39, 0.29) is 24.8 Å². The molecule has 0 aliphatic rings. The minimum Gasteiger partial charge on any atom is -0.495 e. The van der Waals surface area contributed by atoms with Crippen LogP contribution >= 0.6 is 27.5 Å². The molecule has 2 rings (SSSR count). The molecule has 0 aliphatic carbocycles. The Balaban J connectivity index is 1.87. The van der Waals surface area contributed by atoms with E-state index in [1.807, 2.05) is 6.07 Å². The Morgan fingerprint density at radius 1 is 1.21 bits per heavy atom. The van der Waals surface area contributed by atoms with Gasteiger partial charge >= 0.3 is 0 Å². The molecular weight excluding hydrogens is 396 g/mol. The van der Waals surface area contributed by atoms with Gasteiger partial charge in [-0.15, -0.1) is 0 Å². The number of anilines is 1. The van der Waals surface area contributed by atoms with Gasteiger partial charge in [0.1, 0.15) is 5.75 Å². The number of ether oxygens (including phenoxy) is 1. The van der Waals surface area contributed by atoms with E-state index in [4.69, 9.17) is 16.3 Å². The molecule has 0 aromatic heterocycles. The number of benzene rings is 2. The maximum absolute atomic E-state index is 12.0. The number of amides is 2. The minimum atomic E-state index is -0.247. The normalized spacial score (nSPS) is 10.1. The summed E-state index contributed by atoms with van der Waals surface area (Å²) >= 11 is 9.24. The number of rotatable bonds is 6. The Morgan fingerprint density at radius 3 is 2.67 bits per heavy atom. The van der Waals surface area contributed by atoms with Gasteiger partial charge in [0.25, 0.3) is 5.91 Å². The van der Waals surface area contributed by atoms with Crippen molar-refractivity contribution in [2.45, 2.75) is 6.42 Å². The van der Waals surface area contributed by atoms with Crippen molar-refractivity contribution < 1.29 is 14.3 Å². The fourth-order valence-electron chi connectivity index (χ4n) is 2.02. The second-order valence-electron chi connectivity index (χ2n) is 4.88. The van der Waals surface area contributed by atoms with Crippen LogP contribution in [0, 0.1) is 0 Å². The molecule has 2 N–H and O–H groups in total. The summed E-state index contributed by atoms with van der Waals surface area (Å²) in [4.78, 5) is 24.0. The number of carbonyl (C=O) groups is 2. The summed E-state index contributed by atoms with van der Waals surface area (Å²) in [6.45, 7) is 0.217. The lowest BCUT2D eigenvalue weighted by Gasteiger charge is -2.11. The number of halogens is 2. The number of hydrogen-bond acceptors (Lipinski definition) is 3. The molecule has 0 spiro atoms. The predicted molar refractivity (Wildman–Crippen MR) is 97.7 cm³/mol. The van der Waals surface area contributed by atoms with Crippen LogP contribution < -0.4 is 15.4 Å². The van der Waals surface area contributed by atoms with Crippen molar-refractivity contribution in [3.8, 4) is 5.75 Å². The lowest BCUT2D eigenvalue weighted by molar-refractivity contribution is -0.116. The Hall–Kier alpha value is -2.05. The lowest BCUT2D eigenvalue weighted by Crippen LogP contribution is -2.28. The lowest BCUT2D eigenvalue weighted by atomic mass is 10.2. The number of carbonyl (C=O) groups excluding carboxylic acids is 2. The monoisotopic (exact) mass is 410 g/mol. The van der Waals surface area contributed by atoms with Gasteiger partial charge in [-0.2, -0.15) is 0 Å². The van der Waals surface area contributed by atoms with Crippen LogP contribution in [0.5, 0.6) is 5.75 Å². The van der Waals surface area contributed by atoms with E-state index in [0.29, 0.717) is 26.5 Å². The summed E-state index contributed by atoms with van der Waals surface area (Å²) in [7, 11) is 1.51. The van der Waals surface area contributed by atoms with E-state index in [9.17, 15) is 9.59 Å². The first-order valence-corrected chi connectivity index (χ1v) is 8.34. The highest BCUT2D eigenvalue weighted by Crippen LogP contribution is 2.27. The molecule has 2 amide bonds. The summed E-state index contributed by atoms with van der Waals surface area (Å²) in [6.07, 6.45) is 0.131. The van der Waals surface area contributed by atoms with Gasteiger partial charge in [-0.25, -0.2) is 0 Å². The van der Waals surface area contributed by atoms with Crippen LogP contribution in [-0.2, 0) is 4.79 Å². The molecule has 0 fully saturated rings. The third-order valence-electron chi connectivity index (χ3n) is 3.19. The van der Waals surface area contributed by atoms with Gasteiger partial charge in [-0.3, -0.25) is 9.59 Å². The molecule has 0 radical (unpaired) electrons. The second kappa shape index (κ2) is 8.70. The zero-order valence-electron chi connectivity index (χ0n) is 12.9. The van der Waals surface area contributed by atoms with Crippen molar-refractivity contribution in [3.63, 3.8) is 0 Å². The molecule has 0 heterocycles. The maximum atomic E-state index is 12.0. The molecule has 0 unspecified atom stereocenters. The highest BCUT2D eigenvalue weighted by molar-refractivity contribution is 9.10. The third kappa shape index (κ3) is 4.97. The Bertz CT molecular complexity index is 752. The van der Waals surface area contributed by atoms with Crippen LogP contribution in [0.4, 0.5) is 5.69 Å². The smallest absolute Gasteiger partial charge is 0.252 e. The first-order valence-electron chi connectivity index (χ1n) is 7.17. The minimum absolute atomic E-state index is 0.131. The molecule has 0 aliphatic heterocycles. The van der Waals surface area contributed by atoms with Gasteiger partial charge in [0.15, 0.2) is 0 Å². The molecule has 7 heteroatoms. The third-order valence-corrected chi connectivity index (χ3v) is 4.12. The number of nitrogens with one attached hydrogen (secondary N) is 2. The van der Waals surface area contributed by atoms with E-state index in [1.165, 1.54) is 7.11 Å². The standard InChI is InChI=1S/C17H16BrClN2O3/c1-24-15-7-6-11(19)10-14(15)21-16(22)8-9-20-17(23)12-4-2-3-5-13(12)18/h2-7,10H,8-9H2,1H3,(H,20,23)(H,21,22). The van der Waals surface area contributed by atoms with Crippen LogP contribution in [0.15, 0.2) is 46.9 Å². The van der Waals surface area contributed by atoms with E-state index in [2.05, 4.69) is 26.6 Å². The Morgan fingerprint density at radius 2 is 1.96 bits per heavy atom. The molecule has 0 bridgehead atoms. The first-order chi connectivity index (χ1) is 11.5. The van der Waals surface area contributed by atoms with Crippen molar-refractivity contribution in [1.29, 1.82) is 0 Å². The van der Waals surface area contributed by atoms with Gasteiger partial charge in [-0.1, -0.05) is 23.7 Å². The van der Waals surface area contributed by atoms with Crippen molar-refractivity contribution >= 4 is 45.0 Å². The largest absolute Gasteiger partial charge is 0.495 e. The van der Waals surface area contributed by atoms with Crippen LogP contribution in [-0.4, -0.2) is 25.5 Å². The van der Waals surface area contributed by atoms with Crippen LogP contribution in [0.25, 0.3) is 0 Å². The zero-order valence-corrected chi connectivity index (χ0v) is 15.3. The average molecular weight is 412 g/mol. The zero-order chi connectivity index (χ0) is 17.5. The van der Waals surface area contributed by atoms with Crippen molar-refractivity contribution in [1.82, 2.24) is 5.32 Å². The quantitative estimate of drug-likeness (QED) is 0.758. The molecule has 2 aromatic carbocycles. The topological polar surface area (TPSA) is 67.4 Å². The molecular formula is C17H16BrClN2O3. The summed E-state index contributed by atoms with van der Waals surface area (Å²) < 4.78 is 5.87.